The molecule has 6 heteroatoms. The van der Waals surface area contributed by atoms with Gasteiger partial charge in [0.05, 0.1) is 0 Å². The van der Waals surface area contributed by atoms with Crippen LogP contribution in [0, 0.1) is 0 Å². The monoisotopic (exact) mass is 277 g/mol. The summed E-state index contributed by atoms with van der Waals surface area (Å²) in [5, 5.41) is 0. The number of nitrogens with two attached hydrogens (primary N) is 1. The van der Waals surface area contributed by atoms with Crippen molar-refractivity contribution in [3.63, 3.8) is 0 Å². The number of esters is 2. The van der Waals surface area contributed by atoms with E-state index in [1.54, 1.807) is 41.5 Å². The zero-order valence-electron chi connectivity index (χ0n) is 12.5. The van der Waals surface area contributed by atoms with E-state index in [9.17, 15) is 14.0 Å². The van der Waals surface area contributed by atoms with Gasteiger partial charge in [0.15, 0.2) is 6.17 Å². The summed E-state index contributed by atoms with van der Waals surface area (Å²) < 4.78 is 23.5. The van der Waals surface area contributed by atoms with E-state index in [4.69, 9.17) is 15.2 Å². The van der Waals surface area contributed by atoms with Crippen LogP contribution in [0.2, 0.25) is 0 Å². The van der Waals surface area contributed by atoms with Crippen molar-refractivity contribution in [2.45, 2.75) is 71.4 Å². The van der Waals surface area contributed by atoms with Crippen molar-refractivity contribution >= 4 is 11.9 Å². The number of carbonyl (C=O) groups is 2. The molecule has 2 N–H and O–H groups in total. The number of hydrogen-bond acceptors (Lipinski definition) is 5. The average molecular weight is 277 g/mol. The molecule has 0 bridgehead atoms. The Kier molecular flexibility index (Phi) is 5.93. The van der Waals surface area contributed by atoms with Crippen LogP contribution < -0.4 is 5.73 Å². The van der Waals surface area contributed by atoms with Gasteiger partial charge in [-0.1, -0.05) is 0 Å². The first-order valence-corrected chi connectivity index (χ1v) is 6.17. The largest absolute Gasteiger partial charge is 0.459 e. The van der Waals surface area contributed by atoms with Crippen LogP contribution in [0.15, 0.2) is 0 Å². The summed E-state index contributed by atoms with van der Waals surface area (Å²) in [6.07, 6.45) is -2.40. The normalized spacial score (nSPS) is 15.6. The van der Waals surface area contributed by atoms with E-state index in [1.807, 2.05) is 0 Å². The highest BCUT2D eigenvalue weighted by atomic mass is 19.1. The molecule has 0 aliphatic rings. The van der Waals surface area contributed by atoms with Gasteiger partial charge in [0.2, 0.25) is 0 Å². The number of rotatable bonds is 4. The highest BCUT2D eigenvalue weighted by Gasteiger charge is 2.30. The Morgan fingerprint density at radius 1 is 1.00 bits per heavy atom. The van der Waals surface area contributed by atoms with E-state index >= 15 is 0 Å². The molecule has 0 saturated carbocycles. The molecule has 0 aliphatic carbocycles. The highest BCUT2D eigenvalue weighted by Crippen LogP contribution is 2.14. The number of halogens is 1. The van der Waals surface area contributed by atoms with E-state index < -0.39 is 41.8 Å². The van der Waals surface area contributed by atoms with Gasteiger partial charge in [0.1, 0.15) is 17.2 Å². The van der Waals surface area contributed by atoms with E-state index in [0.29, 0.717) is 0 Å². The van der Waals surface area contributed by atoms with E-state index in [2.05, 4.69) is 0 Å². The fourth-order valence-electron chi connectivity index (χ4n) is 1.16. The number of ether oxygens (including phenoxy) is 2. The molecule has 5 nitrogen and oxygen atoms in total. The summed E-state index contributed by atoms with van der Waals surface area (Å²) in [6.45, 7) is 9.93. The molecule has 0 heterocycles. The second kappa shape index (κ2) is 6.32. The van der Waals surface area contributed by atoms with Gasteiger partial charge in [-0.25, -0.2) is 9.18 Å². The summed E-state index contributed by atoms with van der Waals surface area (Å²) >= 11 is 0. The topological polar surface area (TPSA) is 78.6 Å². The quantitative estimate of drug-likeness (QED) is 0.792. The Labute approximate surface area is 113 Å². The number of alkyl halides is 1. The van der Waals surface area contributed by atoms with Crippen molar-refractivity contribution in [1.29, 1.82) is 0 Å². The Bertz CT molecular complexity index is 299. The van der Waals surface area contributed by atoms with Crippen molar-refractivity contribution in [1.82, 2.24) is 0 Å². The first-order chi connectivity index (χ1) is 8.32. The zero-order chi connectivity index (χ0) is 15.4. The Balaban J connectivity index is 4.36. The first kappa shape index (κ1) is 17.8. The van der Waals surface area contributed by atoms with Gasteiger partial charge in [-0.15, -0.1) is 0 Å². The molecule has 0 fully saturated rings. The molecule has 112 valence electrons. The van der Waals surface area contributed by atoms with Gasteiger partial charge in [-0.2, -0.15) is 0 Å². The van der Waals surface area contributed by atoms with Gasteiger partial charge in [-0.3, -0.25) is 4.79 Å². The van der Waals surface area contributed by atoms with Crippen LogP contribution >= 0.6 is 0 Å². The maximum Gasteiger partial charge on any atom is 0.341 e. The molecule has 0 aromatic carbocycles. The van der Waals surface area contributed by atoms with Crippen molar-refractivity contribution in [2.24, 2.45) is 5.73 Å². The third kappa shape index (κ3) is 8.53. The van der Waals surface area contributed by atoms with E-state index in [0.717, 1.165) is 0 Å². The number of hydrogen-bond donors (Lipinski definition) is 1. The summed E-state index contributed by atoms with van der Waals surface area (Å²) in [6, 6.07) is -1.19. The Morgan fingerprint density at radius 2 is 1.37 bits per heavy atom. The minimum Gasteiger partial charge on any atom is -0.459 e. The molecule has 0 aromatic heterocycles. The fourth-order valence-corrected chi connectivity index (χ4v) is 1.16. The van der Waals surface area contributed by atoms with E-state index in [-0.39, 0.29) is 0 Å². The predicted octanol–water partition coefficient (Wildman–Crippen LogP) is 1.73. The fraction of sp³-hybridized carbons (Fsp3) is 0.846. The van der Waals surface area contributed by atoms with Crippen LogP contribution in [0.25, 0.3) is 0 Å². The molecule has 0 saturated heterocycles. The Morgan fingerprint density at radius 3 is 1.74 bits per heavy atom. The van der Waals surface area contributed by atoms with Crippen LogP contribution in [0.4, 0.5) is 4.39 Å². The third-order valence-electron chi connectivity index (χ3n) is 1.83. The molecule has 0 amide bonds. The minimum absolute atomic E-state index is 0.455. The zero-order valence-corrected chi connectivity index (χ0v) is 12.5. The van der Waals surface area contributed by atoms with Gasteiger partial charge >= 0.3 is 11.9 Å². The molecule has 0 radical (unpaired) electrons. The van der Waals surface area contributed by atoms with Crippen LogP contribution in [-0.2, 0) is 19.1 Å². The molecule has 0 spiro atoms. The third-order valence-corrected chi connectivity index (χ3v) is 1.83. The summed E-state index contributed by atoms with van der Waals surface area (Å²) in [7, 11) is 0. The lowest BCUT2D eigenvalue weighted by molar-refractivity contribution is -0.163. The predicted molar refractivity (Wildman–Crippen MR) is 69.2 cm³/mol. The smallest absolute Gasteiger partial charge is 0.341 e. The lowest BCUT2D eigenvalue weighted by atomic mass is 10.1. The van der Waals surface area contributed by atoms with Crippen molar-refractivity contribution in [3.8, 4) is 0 Å². The van der Waals surface area contributed by atoms with Crippen molar-refractivity contribution in [2.75, 3.05) is 0 Å². The molecule has 0 rings (SSSR count). The van der Waals surface area contributed by atoms with Gasteiger partial charge in [0.25, 0.3) is 0 Å². The standard InChI is InChI=1S/C13H24FNO4/c1-12(2,3)18-10(16)8(14)7-9(15)11(17)19-13(4,5)6/h8-9H,7,15H2,1-6H3/t8-,9+/m0/s1. The number of carbonyl (C=O) groups excluding carboxylic acids is 2. The molecule has 19 heavy (non-hydrogen) atoms. The minimum atomic E-state index is -1.94. The molecule has 0 aliphatic heterocycles. The summed E-state index contributed by atoms with van der Waals surface area (Å²) in [5.41, 5.74) is 4.02. The van der Waals surface area contributed by atoms with Gasteiger partial charge < -0.3 is 15.2 Å². The van der Waals surface area contributed by atoms with Crippen molar-refractivity contribution in [3.05, 3.63) is 0 Å². The van der Waals surface area contributed by atoms with Gasteiger partial charge in [-0.05, 0) is 41.5 Å². The second-order valence-electron chi connectivity index (χ2n) is 6.38. The Hall–Kier alpha value is -1.17. The van der Waals surface area contributed by atoms with Gasteiger partial charge in [0, 0.05) is 6.42 Å². The second-order valence-corrected chi connectivity index (χ2v) is 6.38. The van der Waals surface area contributed by atoms with Crippen LogP contribution in [0.1, 0.15) is 48.0 Å². The SMILES string of the molecule is CC(C)(C)OC(=O)[C@H](N)C[C@H](F)C(=O)OC(C)(C)C. The average Bonchev–Trinajstić information content (AvgIpc) is 2.11. The molecule has 0 aromatic rings. The van der Waals surface area contributed by atoms with Crippen molar-refractivity contribution < 1.29 is 23.5 Å². The lowest BCUT2D eigenvalue weighted by Crippen LogP contribution is -2.41. The van der Waals surface area contributed by atoms with E-state index in [1.165, 1.54) is 0 Å². The maximum absolute atomic E-state index is 13.6. The molecular formula is C13H24FNO4. The molecule has 0 unspecified atom stereocenters. The molecular weight excluding hydrogens is 253 g/mol. The maximum atomic E-state index is 13.6. The van der Waals surface area contributed by atoms with Crippen LogP contribution in [0.3, 0.4) is 0 Å². The van der Waals surface area contributed by atoms with Crippen LogP contribution in [0.5, 0.6) is 0 Å². The van der Waals surface area contributed by atoms with Crippen LogP contribution in [-0.4, -0.2) is 35.4 Å². The summed E-state index contributed by atoms with van der Waals surface area (Å²) in [4.78, 5) is 22.9. The lowest BCUT2D eigenvalue weighted by Gasteiger charge is -2.24. The first-order valence-electron chi connectivity index (χ1n) is 6.17. The highest BCUT2D eigenvalue weighted by molar-refractivity contribution is 5.79. The molecule has 2 atom stereocenters. The summed E-state index contributed by atoms with van der Waals surface area (Å²) in [5.74, 6) is -1.76.